The first-order valence-electron chi connectivity index (χ1n) is 7.00. The maximum absolute atomic E-state index is 12.8. The van der Waals surface area contributed by atoms with Crippen LogP contribution in [0.4, 0.5) is 4.39 Å². The van der Waals surface area contributed by atoms with Crippen LogP contribution < -0.4 is 10.1 Å². The van der Waals surface area contributed by atoms with Crippen LogP contribution in [-0.4, -0.2) is 31.3 Å². The molecular weight excluding hydrogens is 261 g/mol. The zero-order chi connectivity index (χ0) is 14.4. The predicted octanol–water partition coefficient (Wildman–Crippen LogP) is 2.28. The van der Waals surface area contributed by atoms with Gasteiger partial charge in [-0.15, -0.1) is 0 Å². The number of ether oxygens (including phenoxy) is 2. The lowest BCUT2D eigenvalue weighted by Gasteiger charge is -2.18. The zero-order valence-electron chi connectivity index (χ0n) is 11.6. The first kappa shape index (κ1) is 14.8. The van der Waals surface area contributed by atoms with Crippen molar-refractivity contribution in [3.8, 4) is 5.75 Å². The highest BCUT2D eigenvalue weighted by molar-refractivity contribution is 5.81. The molecule has 1 aliphatic heterocycles. The van der Waals surface area contributed by atoms with E-state index in [2.05, 4.69) is 5.32 Å². The van der Waals surface area contributed by atoms with Gasteiger partial charge < -0.3 is 14.8 Å². The van der Waals surface area contributed by atoms with Gasteiger partial charge in [-0.3, -0.25) is 4.79 Å². The Kier molecular flexibility index (Phi) is 5.35. The lowest BCUT2D eigenvalue weighted by atomic mass is 10.2. The van der Waals surface area contributed by atoms with Gasteiger partial charge in [-0.1, -0.05) is 6.92 Å². The standard InChI is InChI=1S/C15H20FNO3/c1-2-14(20-12-7-5-11(16)6-8-12)15(18)17-10-13-4-3-9-19-13/h5-8,13-14H,2-4,9-10H2,1H3,(H,17,18)/t13-,14+/m0/s1. The summed E-state index contributed by atoms with van der Waals surface area (Å²) in [5.74, 6) is 0.00562. The summed E-state index contributed by atoms with van der Waals surface area (Å²) in [7, 11) is 0. The van der Waals surface area contributed by atoms with Gasteiger partial charge in [0.25, 0.3) is 5.91 Å². The number of benzene rings is 1. The van der Waals surface area contributed by atoms with Crippen LogP contribution in [-0.2, 0) is 9.53 Å². The van der Waals surface area contributed by atoms with Crippen molar-refractivity contribution in [2.24, 2.45) is 0 Å². The van der Waals surface area contributed by atoms with E-state index in [0.29, 0.717) is 18.7 Å². The molecule has 1 amide bonds. The molecule has 0 spiro atoms. The Morgan fingerprint density at radius 3 is 2.85 bits per heavy atom. The van der Waals surface area contributed by atoms with E-state index in [1.807, 2.05) is 6.92 Å². The molecule has 0 saturated carbocycles. The lowest BCUT2D eigenvalue weighted by Crippen LogP contribution is -2.41. The first-order valence-corrected chi connectivity index (χ1v) is 7.00. The van der Waals surface area contributed by atoms with Crippen LogP contribution in [0.25, 0.3) is 0 Å². The van der Waals surface area contributed by atoms with Crippen LogP contribution >= 0.6 is 0 Å². The minimum Gasteiger partial charge on any atom is -0.481 e. The van der Waals surface area contributed by atoms with Gasteiger partial charge in [-0.25, -0.2) is 4.39 Å². The molecule has 0 bridgehead atoms. The molecule has 1 fully saturated rings. The Bertz CT molecular complexity index is 429. The molecule has 5 heteroatoms. The molecule has 1 aromatic rings. The van der Waals surface area contributed by atoms with Crippen LogP contribution in [0.15, 0.2) is 24.3 Å². The number of rotatable bonds is 6. The Morgan fingerprint density at radius 1 is 1.50 bits per heavy atom. The molecule has 1 N–H and O–H groups in total. The smallest absolute Gasteiger partial charge is 0.261 e. The fourth-order valence-corrected chi connectivity index (χ4v) is 2.13. The molecule has 110 valence electrons. The molecule has 1 saturated heterocycles. The molecule has 4 nitrogen and oxygen atoms in total. The minimum absolute atomic E-state index is 0.113. The summed E-state index contributed by atoms with van der Waals surface area (Å²) in [6, 6.07) is 5.66. The third kappa shape index (κ3) is 4.20. The molecule has 0 unspecified atom stereocenters. The Labute approximate surface area is 118 Å². The molecule has 0 aliphatic carbocycles. The van der Waals surface area contributed by atoms with Crippen LogP contribution in [0.3, 0.4) is 0 Å². The average Bonchev–Trinajstić information content (AvgIpc) is 2.97. The Morgan fingerprint density at radius 2 is 2.25 bits per heavy atom. The summed E-state index contributed by atoms with van der Waals surface area (Å²) in [4.78, 5) is 12.0. The summed E-state index contributed by atoms with van der Waals surface area (Å²) in [5, 5.41) is 2.84. The van der Waals surface area contributed by atoms with E-state index in [0.717, 1.165) is 19.4 Å². The highest BCUT2D eigenvalue weighted by Crippen LogP contribution is 2.15. The molecular formula is C15H20FNO3. The van der Waals surface area contributed by atoms with E-state index in [1.54, 1.807) is 0 Å². The number of hydrogen-bond donors (Lipinski definition) is 1. The summed E-state index contributed by atoms with van der Waals surface area (Å²) < 4.78 is 23.8. The van der Waals surface area contributed by atoms with Crippen molar-refractivity contribution in [3.05, 3.63) is 30.1 Å². The number of carbonyl (C=O) groups is 1. The largest absolute Gasteiger partial charge is 0.481 e. The highest BCUT2D eigenvalue weighted by Gasteiger charge is 2.21. The number of nitrogens with one attached hydrogen (secondary N) is 1. The van der Waals surface area contributed by atoms with E-state index in [4.69, 9.17) is 9.47 Å². The summed E-state index contributed by atoms with van der Waals surface area (Å²) in [6.07, 6.45) is 2.12. The topological polar surface area (TPSA) is 47.6 Å². The normalized spacial score (nSPS) is 19.6. The van der Waals surface area contributed by atoms with Crippen molar-refractivity contribution in [2.75, 3.05) is 13.2 Å². The van der Waals surface area contributed by atoms with Gasteiger partial charge in [0.15, 0.2) is 6.10 Å². The molecule has 2 rings (SSSR count). The maximum Gasteiger partial charge on any atom is 0.261 e. The number of hydrogen-bond acceptors (Lipinski definition) is 3. The lowest BCUT2D eigenvalue weighted by molar-refractivity contribution is -0.128. The Hall–Kier alpha value is -1.62. The number of amides is 1. The van der Waals surface area contributed by atoms with Gasteiger partial charge in [0.1, 0.15) is 11.6 Å². The SMILES string of the molecule is CC[C@@H](Oc1ccc(F)cc1)C(=O)NC[C@@H]1CCCO1. The maximum atomic E-state index is 12.8. The van der Waals surface area contributed by atoms with Crippen molar-refractivity contribution in [3.63, 3.8) is 0 Å². The van der Waals surface area contributed by atoms with E-state index in [-0.39, 0.29) is 17.8 Å². The molecule has 20 heavy (non-hydrogen) atoms. The third-order valence-corrected chi connectivity index (χ3v) is 3.28. The van der Waals surface area contributed by atoms with Gasteiger partial charge in [-0.2, -0.15) is 0 Å². The summed E-state index contributed by atoms with van der Waals surface area (Å²) in [5.41, 5.74) is 0. The second-order valence-corrected chi connectivity index (χ2v) is 4.85. The minimum atomic E-state index is -0.568. The van der Waals surface area contributed by atoms with Crippen LogP contribution in [0.5, 0.6) is 5.75 Å². The van der Waals surface area contributed by atoms with Crippen molar-refractivity contribution in [2.45, 2.75) is 38.4 Å². The third-order valence-electron chi connectivity index (χ3n) is 3.28. The zero-order valence-corrected chi connectivity index (χ0v) is 11.6. The molecule has 2 atom stereocenters. The van der Waals surface area contributed by atoms with Crippen molar-refractivity contribution in [1.82, 2.24) is 5.32 Å². The number of carbonyl (C=O) groups excluding carboxylic acids is 1. The van der Waals surface area contributed by atoms with E-state index >= 15 is 0 Å². The Balaban J connectivity index is 1.83. The summed E-state index contributed by atoms with van der Waals surface area (Å²) in [6.45, 7) is 3.16. The fourth-order valence-electron chi connectivity index (χ4n) is 2.13. The number of halogens is 1. The van der Waals surface area contributed by atoms with E-state index < -0.39 is 6.10 Å². The van der Waals surface area contributed by atoms with Crippen LogP contribution in [0.2, 0.25) is 0 Å². The monoisotopic (exact) mass is 281 g/mol. The van der Waals surface area contributed by atoms with Gasteiger partial charge in [0, 0.05) is 13.2 Å². The van der Waals surface area contributed by atoms with Crippen LogP contribution in [0.1, 0.15) is 26.2 Å². The predicted molar refractivity (Wildman–Crippen MR) is 73.1 cm³/mol. The quantitative estimate of drug-likeness (QED) is 0.870. The van der Waals surface area contributed by atoms with E-state index in [9.17, 15) is 9.18 Å². The van der Waals surface area contributed by atoms with E-state index in [1.165, 1.54) is 24.3 Å². The molecule has 1 aliphatic rings. The van der Waals surface area contributed by atoms with Crippen LogP contribution in [0, 0.1) is 5.82 Å². The van der Waals surface area contributed by atoms with Crippen molar-refractivity contribution in [1.29, 1.82) is 0 Å². The first-order chi connectivity index (χ1) is 9.69. The molecule has 1 heterocycles. The molecule has 0 radical (unpaired) electrons. The average molecular weight is 281 g/mol. The second-order valence-electron chi connectivity index (χ2n) is 4.85. The van der Waals surface area contributed by atoms with Crippen molar-refractivity contribution < 1.29 is 18.7 Å². The van der Waals surface area contributed by atoms with Gasteiger partial charge in [0.05, 0.1) is 6.10 Å². The van der Waals surface area contributed by atoms with Gasteiger partial charge >= 0.3 is 0 Å². The fraction of sp³-hybridized carbons (Fsp3) is 0.533. The highest BCUT2D eigenvalue weighted by atomic mass is 19.1. The van der Waals surface area contributed by atoms with Crippen molar-refractivity contribution >= 4 is 5.91 Å². The second kappa shape index (κ2) is 7.24. The summed E-state index contributed by atoms with van der Waals surface area (Å²) >= 11 is 0. The molecule has 1 aromatic carbocycles. The molecule has 0 aromatic heterocycles. The van der Waals surface area contributed by atoms with Gasteiger partial charge in [0.2, 0.25) is 0 Å². The van der Waals surface area contributed by atoms with Gasteiger partial charge in [-0.05, 0) is 43.5 Å².